The largest absolute Gasteiger partial charge is 0.413 e. The Balaban J connectivity index is 5.77. The minimum atomic E-state index is -1.97. The van der Waals surface area contributed by atoms with E-state index in [1.165, 1.54) is 11.1 Å². The van der Waals surface area contributed by atoms with Crippen LogP contribution in [0.4, 0.5) is 0 Å². The number of allylic oxidation sites excluding steroid dienone is 6. The third-order valence-electron chi connectivity index (χ3n) is 13.0. The van der Waals surface area contributed by atoms with Gasteiger partial charge in [-0.2, -0.15) is 0 Å². The molecule has 0 saturated carbocycles. The summed E-state index contributed by atoms with van der Waals surface area (Å²) < 4.78 is 20.3. The summed E-state index contributed by atoms with van der Waals surface area (Å²) in [4.78, 5) is 0. The topological polar surface area (TPSA) is 47.9 Å². The van der Waals surface area contributed by atoms with Gasteiger partial charge < -0.3 is 18.4 Å². The van der Waals surface area contributed by atoms with Gasteiger partial charge in [0, 0.05) is 11.8 Å². The molecule has 0 fully saturated rings. The average Bonchev–Trinajstić information content (AvgIpc) is 3.02. The van der Waals surface area contributed by atoms with Gasteiger partial charge in [-0.25, -0.2) is 0 Å². The van der Waals surface area contributed by atoms with Gasteiger partial charge in [-0.05, 0) is 92.4 Å². The highest BCUT2D eigenvalue weighted by molar-refractivity contribution is 6.75. The first kappa shape index (κ1) is 53.2. The Morgan fingerprint density at radius 2 is 1.19 bits per heavy atom. The van der Waals surface area contributed by atoms with Crippen LogP contribution in [0.5, 0.6) is 0 Å². The van der Waals surface area contributed by atoms with Crippen LogP contribution in [0.1, 0.15) is 136 Å². The van der Waals surface area contributed by atoms with Crippen LogP contribution >= 0.6 is 0 Å². The quantitative estimate of drug-likeness (QED) is 0.0673. The van der Waals surface area contributed by atoms with E-state index >= 15 is 0 Å². The maximum Gasteiger partial charge on any atom is 0.192 e. The normalized spacial score (nSPS) is 19.1. The molecule has 7 heteroatoms. The van der Waals surface area contributed by atoms with Crippen molar-refractivity contribution in [2.75, 3.05) is 6.61 Å². The number of rotatable bonds is 22. The van der Waals surface area contributed by atoms with E-state index in [4.69, 9.17) is 13.3 Å². The lowest BCUT2D eigenvalue weighted by molar-refractivity contribution is -0.0141. The van der Waals surface area contributed by atoms with Crippen molar-refractivity contribution in [3.8, 4) is 0 Å². The number of aliphatic hydroxyl groups excluding tert-OH is 1. The second-order valence-corrected chi connectivity index (χ2v) is 35.4. The van der Waals surface area contributed by atoms with Gasteiger partial charge >= 0.3 is 0 Å². The zero-order valence-electron chi connectivity index (χ0n) is 39.9. The molecule has 0 aliphatic carbocycles. The highest BCUT2D eigenvalue weighted by Gasteiger charge is 2.43. The molecule has 0 saturated heterocycles. The van der Waals surface area contributed by atoms with Crippen LogP contribution in [0.2, 0.25) is 54.4 Å². The van der Waals surface area contributed by atoms with Crippen molar-refractivity contribution in [1.29, 1.82) is 0 Å². The molecule has 0 aromatic heterocycles. The Morgan fingerprint density at radius 3 is 1.67 bits per heavy atom. The first-order valence-corrected chi connectivity index (χ1v) is 30.1. The van der Waals surface area contributed by atoms with Gasteiger partial charge in [-0.15, -0.1) is 0 Å². The van der Waals surface area contributed by atoms with E-state index in [0.717, 1.165) is 25.7 Å². The number of hydrogen-bond acceptors (Lipinski definition) is 4. The fourth-order valence-corrected chi connectivity index (χ4v) is 9.36. The SMILES string of the molecule is CCC(=C/[C@H](C)C/C=C/C(C)=C/[C@@H](C)[C@@H](O)[C@@H](C)[C@H](O[Si](C)(C)C(C)(C)C)[C@@H](C)CC)/C=C/[C@@H](C/C=C\CO[Si](C)(C)C(C)(C)C)O[Si](C)(C)C(C)(C)C. The van der Waals surface area contributed by atoms with Gasteiger partial charge in [0.05, 0.1) is 24.9 Å². The number of aliphatic hydroxyl groups is 1. The van der Waals surface area contributed by atoms with Crippen molar-refractivity contribution < 1.29 is 18.4 Å². The van der Waals surface area contributed by atoms with Crippen LogP contribution in [0.3, 0.4) is 0 Å². The highest BCUT2D eigenvalue weighted by Crippen LogP contribution is 2.41. The third kappa shape index (κ3) is 18.2. The molecule has 0 unspecified atom stereocenters. The molecule has 0 bridgehead atoms. The standard InChI is InChI=1S/C47H92O4Si3/c1-23-38(5)44(51-54(21,22)47(14,15)16)40(7)43(48)39(6)34-36(3)28-27-29-37(4)35-41(24-2)31-32-42(50-53(19,20)46(11,12)13)30-25-26-33-49-52(17,18)45(8,9)10/h25-28,31-32,34-35,37-40,42-44,48H,23-24,29-30,33H2,1-22H3/b26-25-,28-27+,32-31+,36-34+,41-35-/t37-,38+,39-,40-,42-,43-,44-/m1/s1. The minimum absolute atomic E-state index is 0.0343. The fraction of sp³-hybridized carbons (Fsp3) is 0.787. The third-order valence-corrected chi connectivity index (χ3v) is 26.5. The van der Waals surface area contributed by atoms with Crippen LogP contribution in [-0.2, 0) is 13.3 Å². The highest BCUT2D eigenvalue weighted by atomic mass is 28.4. The first-order valence-electron chi connectivity index (χ1n) is 21.4. The Morgan fingerprint density at radius 1 is 0.667 bits per heavy atom. The van der Waals surface area contributed by atoms with E-state index in [1.807, 2.05) is 0 Å². The van der Waals surface area contributed by atoms with E-state index < -0.39 is 31.1 Å². The summed E-state index contributed by atoms with van der Waals surface area (Å²) in [5.74, 6) is 0.886. The molecule has 0 amide bonds. The first-order chi connectivity index (χ1) is 24.3. The summed E-state index contributed by atoms with van der Waals surface area (Å²) >= 11 is 0. The lowest BCUT2D eigenvalue weighted by Gasteiger charge is -2.44. The molecule has 1 N–H and O–H groups in total. The summed E-state index contributed by atoms with van der Waals surface area (Å²) in [5, 5.41) is 12.0. The van der Waals surface area contributed by atoms with E-state index in [1.54, 1.807) is 0 Å². The van der Waals surface area contributed by atoms with Crippen LogP contribution < -0.4 is 0 Å². The predicted molar refractivity (Wildman–Crippen MR) is 249 cm³/mol. The lowest BCUT2D eigenvalue weighted by Crippen LogP contribution is -2.49. The Bertz CT molecular complexity index is 1240. The monoisotopic (exact) mass is 805 g/mol. The molecule has 0 aliphatic heterocycles. The molecule has 0 rings (SSSR count). The van der Waals surface area contributed by atoms with Crippen molar-refractivity contribution in [2.24, 2.45) is 23.7 Å². The van der Waals surface area contributed by atoms with Gasteiger partial charge in [0.1, 0.15) is 0 Å². The molecule has 7 atom stereocenters. The van der Waals surface area contributed by atoms with Crippen molar-refractivity contribution in [2.45, 2.75) is 209 Å². The van der Waals surface area contributed by atoms with Crippen molar-refractivity contribution in [1.82, 2.24) is 0 Å². The van der Waals surface area contributed by atoms with Crippen LogP contribution in [-0.4, -0.2) is 55.0 Å². The van der Waals surface area contributed by atoms with Crippen molar-refractivity contribution in [3.05, 3.63) is 59.8 Å². The van der Waals surface area contributed by atoms with Crippen LogP contribution in [0.25, 0.3) is 0 Å². The van der Waals surface area contributed by atoms with Crippen molar-refractivity contribution >= 4 is 25.0 Å². The van der Waals surface area contributed by atoms with Crippen LogP contribution in [0.15, 0.2) is 59.8 Å². The molecule has 4 nitrogen and oxygen atoms in total. The summed E-state index contributed by atoms with van der Waals surface area (Å²) in [5.41, 5.74) is 2.54. The zero-order valence-corrected chi connectivity index (χ0v) is 42.9. The Hall–Kier alpha value is -0.809. The second kappa shape index (κ2) is 22.4. The summed E-state index contributed by atoms with van der Waals surface area (Å²) in [7, 11) is -5.69. The number of hydrogen-bond donors (Lipinski definition) is 1. The molecular formula is C47H92O4Si3. The van der Waals surface area contributed by atoms with E-state index in [2.05, 4.69) is 199 Å². The fourth-order valence-electron chi connectivity index (χ4n) is 5.65. The molecule has 0 aromatic rings. The smallest absolute Gasteiger partial charge is 0.192 e. The predicted octanol–water partition coefficient (Wildman–Crippen LogP) is 14.8. The maximum absolute atomic E-state index is 11.5. The molecule has 0 spiro atoms. The molecule has 54 heavy (non-hydrogen) atoms. The van der Waals surface area contributed by atoms with Gasteiger partial charge in [-0.3, -0.25) is 0 Å². The molecular weight excluding hydrogens is 713 g/mol. The van der Waals surface area contributed by atoms with Gasteiger partial charge in [-0.1, -0.05) is 170 Å². The summed E-state index contributed by atoms with van der Waals surface area (Å²) in [6, 6.07) is 0. The maximum atomic E-state index is 11.5. The Kier molecular flexibility index (Phi) is 22.0. The summed E-state index contributed by atoms with van der Waals surface area (Å²) in [6.45, 7) is 50.8. The van der Waals surface area contributed by atoms with Crippen molar-refractivity contribution in [3.63, 3.8) is 0 Å². The van der Waals surface area contributed by atoms with Gasteiger partial charge in [0.15, 0.2) is 25.0 Å². The average molecular weight is 806 g/mol. The molecule has 316 valence electrons. The second-order valence-electron chi connectivity index (χ2n) is 21.1. The van der Waals surface area contributed by atoms with E-state index in [-0.39, 0.29) is 39.2 Å². The van der Waals surface area contributed by atoms with Gasteiger partial charge in [0.2, 0.25) is 0 Å². The van der Waals surface area contributed by atoms with Gasteiger partial charge in [0.25, 0.3) is 0 Å². The molecule has 0 aliphatic rings. The molecule has 0 heterocycles. The Labute approximate surface area is 341 Å². The summed E-state index contributed by atoms with van der Waals surface area (Å²) in [6.07, 6.45) is 21.6. The van der Waals surface area contributed by atoms with E-state index in [0.29, 0.717) is 18.4 Å². The lowest BCUT2D eigenvalue weighted by atomic mass is 9.83. The molecule has 0 radical (unpaired) electrons. The van der Waals surface area contributed by atoms with E-state index in [9.17, 15) is 5.11 Å². The molecule has 0 aromatic carbocycles. The zero-order chi connectivity index (χ0) is 42.5. The minimum Gasteiger partial charge on any atom is -0.413 e. The van der Waals surface area contributed by atoms with Crippen LogP contribution in [0, 0.1) is 23.7 Å².